The highest BCUT2D eigenvalue weighted by Gasteiger charge is 2.60. The molecule has 1 rings (SSSR count). The van der Waals surface area contributed by atoms with Gasteiger partial charge in [-0.05, 0) is 11.4 Å². The summed E-state index contributed by atoms with van der Waals surface area (Å²) in [5, 5.41) is 10.1. The van der Waals surface area contributed by atoms with Crippen molar-refractivity contribution in [3.05, 3.63) is 21.3 Å². The second kappa shape index (κ2) is 4.66. The van der Waals surface area contributed by atoms with Crippen LogP contribution in [0, 0.1) is 5.92 Å². The van der Waals surface area contributed by atoms with Gasteiger partial charge in [-0.3, -0.25) is 0 Å². The van der Waals surface area contributed by atoms with Crippen LogP contribution in [-0.4, -0.2) is 17.5 Å². The minimum Gasteiger partial charge on any atom is -0.387 e. The lowest BCUT2D eigenvalue weighted by Gasteiger charge is -2.26. The summed E-state index contributed by atoms with van der Waals surface area (Å²) < 4.78 is 73.6. The maximum absolute atomic E-state index is 12.3. The zero-order valence-corrected chi connectivity index (χ0v) is 9.38. The average Bonchev–Trinajstić information content (AvgIpc) is 2.45. The van der Waals surface area contributed by atoms with Gasteiger partial charge in [0.05, 0.1) is 9.90 Å². The molecule has 9 heteroatoms. The summed E-state index contributed by atoms with van der Waals surface area (Å²) in [5.41, 5.74) is 0. The van der Waals surface area contributed by atoms with Crippen LogP contribution >= 0.6 is 22.9 Å². The van der Waals surface area contributed by atoms with Crippen LogP contribution in [0.25, 0.3) is 0 Å². The molecule has 0 fully saturated rings. The van der Waals surface area contributed by atoms with Gasteiger partial charge >= 0.3 is 12.4 Å². The van der Waals surface area contributed by atoms with Crippen molar-refractivity contribution in [3.63, 3.8) is 0 Å². The van der Waals surface area contributed by atoms with Crippen molar-refractivity contribution < 1.29 is 31.4 Å². The van der Waals surface area contributed by atoms with E-state index in [0.29, 0.717) is 11.3 Å². The van der Waals surface area contributed by atoms with Gasteiger partial charge in [-0.1, -0.05) is 11.6 Å². The molecule has 0 aromatic carbocycles. The van der Waals surface area contributed by atoms with E-state index >= 15 is 0 Å². The van der Waals surface area contributed by atoms with Gasteiger partial charge < -0.3 is 5.11 Å². The number of aliphatic hydroxyl groups is 1. The number of aliphatic hydroxyl groups excluding tert-OH is 1. The number of hydrogen-bond donors (Lipinski definition) is 1. The molecule has 1 heterocycles. The normalized spacial score (nSPS) is 15.4. The van der Waals surface area contributed by atoms with E-state index < -0.39 is 29.3 Å². The van der Waals surface area contributed by atoms with E-state index in [1.54, 1.807) is 0 Å². The average molecular weight is 299 g/mol. The van der Waals surface area contributed by atoms with Crippen molar-refractivity contribution in [2.75, 3.05) is 0 Å². The Morgan fingerprint density at radius 1 is 1.12 bits per heavy atom. The van der Waals surface area contributed by atoms with Crippen molar-refractivity contribution in [1.82, 2.24) is 0 Å². The molecule has 0 saturated carbocycles. The largest absolute Gasteiger partial charge is 0.403 e. The highest BCUT2D eigenvalue weighted by Crippen LogP contribution is 2.48. The lowest BCUT2D eigenvalue weighted by molar-refractivity contribution is -0.307. The molecule has 0 saturated heterocycles. The molecule has 0 aliphatic heterocycles. The third kappa shape index (κ3) is 3.26. The molecule has 0 aliphatic rings. The molecule has 1 atom stereocenters. The van der Waals surface area contributed by atoms with E-state index in [0.717, 1.165) is 6.07 Å². The molecule has 1 nitrogen and oxygen atoms in total. The van der Waals surface area contributed by atoms with Crippen molar-refractivity contribution in [3.8, 4) is 0 Å². The Kier molecular flexibility index (Phi) is 4.00. The molecule has 1 unspecified atom stereocenters. The molecule has 0 amide bonds. The van der Waals surface area contributed by atoms with Crippen molar-refractivity contribution in [2.24, 2.45) is 5.92 Å². The molecule has 0 bridgehead atoms. The zero-order chi connectivity index (χ0) is 13.4. The van der Waals surface area contributed by atoms with Crippen LogP contribution in [0.15, 0.2) is 11.4 Å². The van der Waals surface area contributed by atoms with Crippen molar-refractivity contribution >= 4 is 22.9 Å². The van der Waals surface area contributed by atoms with Gasteiger partial charge in [0.2, 0.25) is 0 Å². The monoisotopic (exact) mass is 298 g/mol. The molecule has 98 valence electrons. The maximum Gasteiger partial charge on any atom is 0.403 e. The Morgan fingerprint density at radius 3 is 1.88 bits per heavy atom. The van der Waals surface area contributed by atoms with Crippen molar-refractivity contribution in [1.29, 1.82) is 0 Å². The number of thiophene rings is 1. The predicted molar refractivity (Wildman–Crippen MR) is 49.9 cm³/mol. The highest BCUT2D eigenvalue weighted by molar-refractivity contribution is 7.10. The van der Waals surface area contributed by atoms with Gasteiger partial charge in [0.15, 0.2) is 5.92 Å². The van der Waals surface area contributed by atoms with Crippen LogP contribution in [0.2, 0.25) is 5.02 Å². The first kappa shape index (κ1) is 14.6. The summed E-state index contributed by atoms with van der Waals surface area (Å²) in [6.07, 6.45) is -13.9. The van der Waals surface area contributed by atoms with E-state index in [2.05, 4.69) is 0 Å². The van der Waals surface area contributed by atoms with Gasteiger partial charge in [-0.15, -0.1) is 11.3 Å². The van der Waals surface area contributed by atoms with E-state index in [9.17, 15) is 31.4 Å². The second-order valence-electron chi connectivity index (χ2n) is 3.14. The molecule has 17 heavy (non-hydrogen) atoms. The lowest BCUT2D eigenvalue weighted by atomic mass is 10.00. The van der Waals surface area contributed by atoms with E-state index in [1.165, 1.54) is 5.38 Å². The molecule has 0 radical (unpaired) electrons. The maximum atomic E-state index is 12.3. The number of halogens is 7. The minimum absolute atomic E-state index is 0.319. The summed E-state index contributed by atoms with van der Waals surface area (Å²) >= 11 is 5.93. The SMILES string of the molecule is OC(c1sccc1Cl)C(C(F)(F)F)C(F)(F)F. The van der Waals surface area contributed by atoms with E-state index in [1.807, 2.05) is 0 Å². The number of rotatable bonds is 2. The summed E-state index contributed by atoms with van der Waals surface area (Å²) in [5.74, 6) is -3.84. The standard InChI is InChI=1S/C8H5ClF6OS/c9-3-1-2-17-5(3)4(16)6(7(10,11)12)8(13,14)15/h1-2,4,6,16H. The highest BCUT2D eigenvalue weighted by atomic mass is 35.5. The van der Waals surface area contributed by atoms with Crippen molar-refractivity contribution in [2.45, 2.75) is 18.5 Å². The summed E-state index contributed by atoms with van der Waals surface area (Å²) in [6.45, 7) is 0. The van der Waals surface area contributed by atoms with Crippen LogP contribution in [0.5, 0.6) is 0 Å². The molecule has 1 aromatic heterocycles. The molecule has 0 spiro atoms. The van der Waals surface area contributed by atoms with Gasteiger partial charge in [-0.25, -0.2) is 0 Å². The fraction of sp³-hybridized carbons (Fsp3) is 0.500. The molecule has 0 aliphatic carbocycles. The fourth-order valence-corrected chi connectivity index (χ4v) is 2.40. The topological polar surface area (TPSA) is 20.2 Å². The number of alkyl halides is 6. The van der Waals surface area contributed by atoms with Crippen LogP contribution < -0.4 is 0 Å². The smallest absolute Gasteiger partial charge is 0.387 e. The first-order valence-electron chi connectivity index (χ1n) is 4.09. The van der Waals surface area contributed by atoms with Crippen LogP contribution in [-0.2, 0) is 0 Å². The van der Waals surface area contributed by atoms with E-state index in [4.69, 9.17) is 11.6 Å². The fourth-order valence-electron chi connectivity index (χ4n) is 1.21. The minimum atomic E-state index is -5.59. The van der Waals surface area contributed by atoms with E-state index in [-0.39, 0.29) is 5.02 Å². The van der Waals surface area contributed by atoms with Gasteiger partial charge in [-0.2, -0.15) is 26.3 Å². The molecular formula is C8H5ClF6OS. The first-order valence-corrected chi connectivity index (χ1v) is 5.35. The molecule has 1 N–H and O–H groups in total. The summed E-state index contributed by atoms with van der Waals surface area (Å²) in [4.78, 5) is -0.550. The third-order valence-electron chi connectivity index (χ3n) is 1.93. The third-order valence-corrected chi connectivity index (χ3v) is 3.36. The lowest BCUT2D eigenvalue weighted by Crippen LogP contribution is -2.40. The molecular weight excluding hydrogens is 294 g/mol. The second-order valence-corrected chi connectivity index (χ2v) is 4.49. The Bertz CT molecular complexity index is 370. The Balaban J connectivity index is 3.13. The molecule has 1 aromatic rings. The zero-order valence-electron chi connectivity index (χ0n) is 7.81. The predicted octanol–water partition coefficient (Wildman–Crippen LogP) is 4.18. The Morgan fingerprint density at radius 2 is 1.59 bits per heavy atom. The van der Waals surface area contributed by atoms with Crippen LogP contribution in [0.4, 0.5) is 26.3 Å². The summed E-state index contributed by atoms with van der Waals surface area (Å²) in [6, 6.07) is 1.12. The van der Waals surface area contributed by atoms with Gasteiger partial charge in [0.25, 0.3) is 0 Å². The number of hydrogen-bond acceptors (Lipinski definition) is 2. The Hall–Kier alpha value is -0.470. The van der Waals surface area contributed by atoms with Gasteiger partial charge in [0.1, 0.15) is 6.10 Å². The quantitative estimate of drug-likeness (QED) is 0.812. The summed E-state index contributed by atoms with van der Waals surface area (Å²) in [7, 11) is 0. The van der Waals surface area contributed by atoms with Crippen LogP contribution in [0.3, 0.4) is 0 Å². The van der Waals surface area contributed by atoms with Gasteiger partial charge in [0, 0.05) is 0 Å². The first-order chi connectivity index (χ1) is 7.55. The Labute approximate surface area is 101 Å². The van der Waals surface area contributed by atoms with Crippen LogP contribution in [0.1, 0.15) is 11.0 Å².